The molecule has 0 aliphatic carbocycles. The molecule has 0 N–H and O–H groups in total. The zero-order valence-electron chi connectivity index (χ0n) is 10.7. The van der Waals surface area contributed by atoms with E-state index < -0.39 is 0 Å². The van der Waals surface area contributed by atoms with E-state index in [9.17, 15) is 0 Å². The predicted molar refractivity (Wildman–Crippen MR) is 75.7 cm³/mol. The van der Waals surface area contributed by atoms with Crippen molar-refractivity contribution in [3.05, 3.63) is 11.5 Å². The topological polar surface area (TPSA) is 18.5 Å². The highest BCUT2D eigenvalue weighted by Crippen LogP contribution is 2.20. The molecule has 0 aromatic heterocycles. The van der Waals surface area contributed by atoms with Crippen molar-refractivity contribution in [3.8, 4) is 0 Å². The molecule has 94 valence electrons. The van der Waals surface area contributed by atoms with Gasteiger partial charge in [-0.05, 0) is 44.7 Å². The standard InChI is InChI=1S/C12H22O2S2/c1-5-8-9-10(6-2)11(13-7-3)14-12(15)16-4/h5-9H2,1-4H3/b11-10+. The number of thioether (sulfide) groups is 1. The van der Waals surface area contributed by atoms with E-state index in [-0.39, 0.29) is 0 Å². The first-order valence-corrected chi connectivity index (χ1v) is 7.43. The summed E-state index contributed by atoms with van der Waals surface area (Å²) < 4.78 is 11.6. The molecule has 0 radical (unpaired) electrons. The predicted octanol–water partition coefficient (Wildman–Crippen LogP) is 4.50. The Morgan fingerprint density at radius 3 is 2.38 bits per heavy atom. The fraction of sp³-hybridized carbons (Fsp3) is 0.750. The van der Waals surface area contributed by atoms with Crippen LogP contribution in [-0.4, -0.2) is 17.2 Å². The lowest BCUT2D eigenvalue weighted by atomic mass is 10.1. The Labute approximate surface area is 109 Å². The summed E-state index contributed by atoms with van der Waals surface area (Å²) in [6, 6.07) is 0. The first-order chi connectivity index (χ1) is 7.69. The van der Waals surface area contributed by atoms with Crippen molar-refractivity contribution in [1.82, 2.24) is 0 Å². The lowest BCUT2D eigenvalue weighted by molar-refractivity contribution is 0.108. The number of hydrogen-bond acceptors (Lipinski definition) is 4. The number of unbranched alkanes of at least 4 members (excludes halogenated alkanes) is 1. The fourth-order valence-electron chi connectivity index (χ4n) is 1.27. The maximum absolute atomic E-state index is 5.54. The van der Waals surface area contributed by atoms with Gasteiger partial charge in [-0.3, -0.25) is 0 Å². The second-order valence-corrected chi connectivity index (χ2v) is 4.75. The largest absolute Gasteiger partial charge is 0.465 e. The lowest BCUT2D eigenvalue weighted by Crippen LogP contribution is -2.05. The van der Waals surface area contributed by atoms with Gasteiger partial charge in [-0.15, -0.1) is 0 Å². The van der Waals surface area contributed by atoms with Gasteiger partial charge in [0.1, 0.15) is 0 Å². The van der Waals surface area contributed by atoms with Crippen LogP contribution in [0.1, 0.15) is 46.5 Å². The zero-order chi connectivity index (χ0) is 12.4. The van der Waals surface area contributed by atoms with E-state index in [4.69, 9.17) is 21.7 Å². The van der Waals surface area contributed by atoms with Crippen LogP contribution in [0.15, 0.2) is 11.5 Å². The molecule has 0 aliphatic rings. The average Bonchev–Trinajstić information content (AvgIpc) is 2.30. The number of hydrogen-bond donors (Lipinski definition) is 0. The molecule has 0 aromatic carbocycles. The molecule has 0 saturated heterocycles. The monoisotopic (exact) mass is 262 g/mol. The smallest absolute Gasteiger partial charge is 0.285 e. The fourth-order valence-corrected chi connectivity index (χ4v) is 1.50. The van der Waals surface area contributed by atoms with Gasteiger partial charge in [0.15, 0.2) is 0 Å². The van der Waals surface area contributed by atoms with Gasteiger partial charge in [0, 0.05) is 5.57 Å². The molecule has 0 spiro atoms. The van der Waals surface area contributed by atoms with Crippen molar-refractivity contribution >= 4 is 28.4 Å². The average molecular weight is 262 g/mol. The minimum Gasteiger partial charge on any atom is -0.465 e. The van der Waals surface area contributed by atoms with Gasteiger partial charge in [-0.2, -0.15) is 0 Å². The highest BCUT2D eigenvalue weighted by Gasteiger charge is 2.10. The Balaban J connectivity index is 4.62. The molecule has 16 heavy (non-hydrogen) atoms. The van der Waals surface area contributed by atoms with Crippen LogP contribution in [-0.2, 0) is 9.47 Å². The normalized spacial score (nSPS) is 12.0. The summed E-state index contributed by atoms with van der Waals surface area (Å²) in [7, 11) is 0. The van der Waals surface area contributed by atoms with Crippen molar-refractivity contribution in [2.75, 3.05) is 12.9 Å². The maximum atomic E-state index is 5.54. The minimum atomic E-state index is 0.519. The van der Waals surface area contributed by atoms with Gasteiger partial charge in [0.25, 0.3) is 5.95 Å². The molecule has 0 heterocycles. The molecule has 0 bridgehead atoms. The second-order valence-electron chi connectivity index (χ2n) is 3.34. The molecular formula is C12H22O2S2. The number of rotatable bonds is 7. The maximum Gasteiger partial charge on any atom is 0.285 e. The molecular weight excluding hydrogens is 240 g/mol. The van der Waals surface area contributed by atoms with Crippen LogP contribution >= 0.6 is 24.0 Å². The molecule has 0 atom stereocenters. The number of ether oxygens (including phenoxy) is 2. The summed E-state index contributed by atoms with van der Waals surface area (Å²) in [5.41, 5.74) is 1.22. The highest BCUT2D eigenvalue weighted by atomic mass is 32.2. The van der Waals surface area contributed by atoms with Gasteiger partial charge in [0.05, 0.1) is 6.61 Å². The van der Waals surface area contributed by atoms with Gasteiger partial charge < -0.3 is 9.47 Å². The van der Waals surface area contributed by atoms with Crippen molar-refractivity contribution in [3.63, 3.8) is 0 Å². The summed E-state index contributed by atoms with van der Waals surface area (Å²) in [4.78, 5) is 0. The summed E-state index contributed by atoms with van der Waals surface area (Å²) in [6.45, 7) is 6.87. The number of allylic oxidation sites excluding steroid dienone is 1. The van der Waals surface area contributed by atoms with Gasteiger partial charge in [-0.25, -0.2) is 0 Å². The van der Waals surface area contributed by atoms with Crippen molar-refractivity contribution in [2.24, 2.45) is 0 Å². The summed E-state index contributed by atoms with van der Waals surface area (Å²) in [6.07, 6.45) is 6.22. The molecule has 0 saturated carbocycles. The van der Waals surface area contributed by atoms with Crippen LogP contribution < -0.4 is 0 Å². The summed E-state index contributed by atoms with van der Waals surface area (Å²) in [5.74, 6) is 0.623. The molecule has 0 amide bonds. The van der Waals surface area contributed by atoms with Crippen molar-refractivity contribution in [2.45, 2.75) is 46.5 Å². The molecule has 4 heteroatoms. The summed E-state index contributed by atoms with van der Waals surface area (Å²) in [5, 5.41) is 0. The van der Waals surface area contributed by atoms with Crippen LogP contribution in [0.25, 0.3) is 0 Å². The van der Waals surface area contributed by atoms with Crippen molar-refractivity contribution in [1.29, 1.82) is 0 Å². The first-order valence-electron chi connectivity index (χ1n) is 5.80. The Bertz CT molecular complexity index is 237. The van der Waals surface area contributed by atoms with Crippen LogP contribution in [0.5, 0.6) is 0 Å². The molecule has 0 aliphatic heterocycles. The third-order valence-electron chi connectivity index (χ3n) is 2.17. The third kappa shape index (κ3) is 6.38. The first kappa shape index (κ1) is 15.8. The highest BCUT2D eigenvalue weighted by molar-refractivity contribution is 8.22. The Hall–Kier alpha value is -0.220. The molecule has 0 aromatic rings. The van der Waals surface area contributed by atoms with Gasteiger partial charge in [-0.1, -0.05) is 32.0 Å². The summed E-state index contributed by atoms with van der Waals surface area (Å²) >= 11 is 6.48. The van der Waals surface area contributed by atoms with E-state index in [2.05, 4.69) is 13.8 Å². The lowest BCUT2D eigenvalue weighted by Gasteiger charge is -2.14. The minimum absolute atomic E-state index is 0.519. The van der Waals surface area contributed by atoms with E-state index in [1.165, 1.54) is 23.8 Å². The van der Waals surface area contributed by atoms with E-state index >= 15 is 0 Å². The quantitative estimate of drug-likeness (QED) is 0.496. The molecule has 0 fully saturated rings. The van der Waals surface area contributed by atoms with Crippen molar-refractivity contribution < 1.29 is 9.47 Å². The molecule has 0 unspecified atom stereocenters. The van der Waals surface area contributed by atoms with Gasteiger partial charge in [0.2, 0.25) is 4.38 Å². The second kappa shape index (κ2) is 9.97. The Morgan fingerprint density at radius 2 is 1.94 bits per heavy atom. The van der Waals surface area contributed by atoms with E-state index in [0.717, 1.165) is 19.3 Å². The Kier molecular flexibility index (Phi) is 9.83. The molecule has 0 rings (SSSR count). The third-order valence-corrected chi connectivity index (χ3v) is 3.17. The van der Waals surface area contributed by atoms with Crippen LogP contribution in [0.4, 0.5) is 0 Å². The zero-order valence-corrected chi connectivity index (χ0v) is 12.3. The van der Waals surface area contributed by atoms with Crippen LogP contribution in [0.2, 0.25) is 0 Å². The van der Waals surface area contributed by atoms with Crippen LogP contribution in [0, 0.1) is 0 Å². The van der Waals surface area contributed by atoms with Crippen LogP contribution in [0.3, 0.4) is 0 Å². The van der Waals surface area contributed by atoms with E-state index in [0.29, 0.717) is 16.9 Å². The SMILES string of the molecule is CCCC/C(CC)=C(\OCC)OC(=S)SC. The number of thiocarbonyl (C=S) groups is 1. The van der Waals surface area contributed by atoms with E-state index in [1.807, 2.05) is 13.2 Å². The van der Waals surface area contributed by atoms with Gasteiger partial charge >= 0.3 is 0 Å². The van der Waals surface area contributed by atoms with E-state index in [1.54, 1.807) is 0 Å². The molecule has 2 nitrogen and oxygen atoms in total. The Morgan fingerprint density at radius 1 is 1.25 bits per heavy atom.